The van der Waals surface area contributed by atoms with Crippen molar-refractivity contribution >= 4 is 44.2 Å². The van der Waals surface area contributed by atoms with Gasteiger partial charge in [-0.3, -0.25) is 0 Å². The van der Waals surface area contributed by atoms with Crippen molar-refractivity contribution in [1.29, 1.82) is 0 Å². The Balaban J connectivity index is 1.46. The molecule has 2 aromatic carbocycles. The molecule has 1 saturated heterocycles. The number of hydrogen-bond donors (Lipinski definition) is 0. The van der Waals surface area contributed by atoms with Crippen LogP contribution in [-0.2, 0) is 10.0 Å². The van der Waals surface area contributed by atoms with E-state index in [0.29, 0.717) is 30.0 Å². The highest BCUT2D eigenvalue weighted by molar-refractivity contribution is 7.90. The van der Waals surface area contributed by atoms with Crippen LogP contribution in [0.3, 0.4) is 0 Å². The molecule has 37 heavy (non-hydrogen) atoms. The van der Waals surface area contributed by atoms with E-state index in [1.807, 2.05) is 11.8 Å². The third kappa shape index (κ3) is 3.83. The Morgan fingerprint density at radius 3 is 2.32 bits per heavy atom. The molecule has 0 amide bonds. The second kappa shape index (κ2) is 8.35. The van der Waals surface area contributed by atoms with Gasteiger partial charge in [-0.05, 0) is 50.1 Å². The number of halogens is 4. The maximum atomic E-state index is 15.2. The average molecular weight is 548 g/mol. The number of fused-ring (bicyclic) bond motifs is 1. The van der Waals surface area contributed by atoms with Crippen LogP contribution in [0, 0.1) is 24.4 Å². The Labute approximate surface area is 216 Å². The van der Waals surface area contributed by atoms with Crippen molar-refractivity contribution in [2.75, 3.05) is 29.4 Å². The third-order valence-electron chi connectivity index (χ3n) is 7.05. The summed E-state index contributed by atoms with van der Waals surface area (Å²) in [7, 11) is -4.33. The van der Waals surface area contributed by atoms with Crippen molar-refractivity contribution in [1.82, 2.24) is 14.2 Å². The maximum absolute atomic E-state index is 15.2. The van der Waals surface area contributed by atoms with E-state index in [1.54, 1.807) is 17.0 Å². The first-order valence-electron chi connectivity index (χ1n) is 11.6. The smallest absolute Gasteiger partial charge is 0.283 e. The van der Waals surface area contributed by atoms with Crippen LogP contribution in [0.15, 0.2) is 53.6 Å². The third-order valence-corrected chi connectivity index (χ3v) is 8.84. The number of piperazine rings is 1. The summed E-state index contributed by atoms with van der Waals surface area (Å²) in [5.74, 6) is -2.03. The van der Waals surface area contributed by atoms with Crippen molar-refractivity contribution in [3.63, 3.8) is 0 Å². The molecule has 1 aliphatic heterocycles. The summed E-state index contributed by atoms with van der Waals surface area (Å²) in [6, 6.07) is 9.11. The van der Waals surface area contributed by atoms with Gasteiger partial charge in [-0.2, -0.15) is 8.42 Å². The van der Waals surface area contributed by atoms with Crippen molar-refractivity contribution < 1.29 is 21.6 Å². The SMILES string of the molecule is Cc1ccc(S(=O)(=O)n2nc(N3CCN(c4ncc(Cl)cc4F)CC34CC4)c3c(F)ccc(F)c32)cc1. The highest BCUT2D eigenvalue weighted by Gasteiger charge is 2.53. The van der Waals surface area contributed by atoms with E-state index in [1.165, 1.54) is 24.4 Å². The lowest BCUT2D eigenvalue weighted by Gasteiger charge is -2.43. The average Bonchev–Trinajstić information content (AvgIpc) is 3.48. The molecule has 0 unspecified atom stereocenters. The largest absolute Gasteiger partial charge is 0.350 e. The van der Waals surface area contributed by atoms with E-state index in [0.717, 1.165) is 17.7 Å². The lowest BCUT2D eigenvalue weighted by Crippen LogP contribution is -2.56. The predicted molar refractivity (Wildman–Crippen MR) is 134 cm³/mol. The minimum absolute atomic E-state index is 0.0457. The Morgan fingerprint density at radius 2 is 1.65 bits per heavy atom. The Morgan fingerprint density at radius 1 is 0.946 bits per heavy atom. The highest BCUT2D eigenvalue weighted by atomic mass is 35.5. The second-order valence-corrected chi connectivity index (χ2v) is 11.7. The Kier molecular flexibility index (Phi) is 5.43. The molecular weight excluding hydrogens is 527 g/mol. The molecule has 2 fully saturated rings. The molecule has 0 bridgehead atoms. The number of benzene rings is 2. The Bertz CT molecular complexity index is 1660. The molecule has 3 heterocycles. The van der Waals surface area contributed by atoms with Crippen molar-refractivity contribution in [3.8, 4) is 0 Å². The Hall–Kier alpha value is -3.31. The summed E-state index contributed by atoms with van der Waals surface area (Å²) < 4.78 is 72.5. The minimum atomic E-state index is -4.33. The van der Waals surface area contributed by atoms with Crippen LogP contribution in [0.4, 0.5) is 24.8 Å². The fourth-order valence-corrected chi connectivity index (χ4v) is 6.43. The lowest BCUT2D eigenvalue weighted by atomic mass is 10.1. The van der Waals surface area contributed by atoms with Gasteiger partial charge < -0.3 is 9.80 Å². The van der Waals surface area contributed by atoms with Crippen LogP contribution in [-0.4, -0.2) is 47.8 Å². The molecule has 1 aliphatic carbocycles. The molecule has 7 nitrogen and oxygen atoms in total. The summed E-state index contributed by atoms with van der Waals surface area (Å²) in [6.07, 6.45) is 2.75. The molecule has 6 rings (SSSR count). The molecule has 2 aliphatic rings. The van der Waals surface area contributed by atoms with Crippen LogP contribution < -0.4 is 9.80 Å². The number of anilines is 2. The number of aromatic nitrogens is 3. The lowest BCUT2D eigenvalue weighted by molar-refractivity contribution is 0.492. The van der Waals surface area contributed by atoms with Crippen LogP contribution in [0.5, 0.6) is 0 Å². The zero-order valence-corrected chi connectivity index (χ0v) is 21.2. The van der Waals surface area contributed by atoms with Gasteiger partial charge in [0.15, 0.2) is 23.3 Å². The topological polar surface area (TPSA) is 71.3 Å². The van der Waals surface area contributed by atoms with Gasteiger partial charge in [0.05, 0.1) is 20.8 Å². The number of hydrogen-bond acceptors (Lipinski definition) is 6. The van der Waals surface area contributed by atoms with Gasteiger partial charge in [-0.25, -0.2) is 18.2 Å². The first kappa shape index (κ1) is 24.1. The monoisotopic (exact) mass is 547 g/mol. The van der Waals surface area contributed by atoms with Crippen molar-refractivity contribution in [2.24, 2.45) is 0 Å². The van der Waals surface area contributed by atoms with Crippen molar-refractivity contribution in [2.45, 2.75) is 30.2 Å². The van der Waals surface area contributed by atoms with Crippen LogP contribution in [0.25, 0.3) is 10.9 Å². The zero-order chi connectivity index (χ0) is 26.1. The highest BCUT2D eigenvalue weighted by Crippen LogP contribution is 2.49. The predicted octanol–water partition coefficient (Wildman–Crippen LogP) is 4.91. The minimum Gasteiger partial charge on any atom is -0.350 e. The number of aryl methyl sites for hydroxylation is 1. The van der Waals surface area contributed by atoms with Gasteiger partial charge >= 0.3 is 0 Å². The van der Waals surface area contributed by atoms with Gasteiger partial charge in [-0.15, -0.1) is 9.19 Å². The van der Waals surface area contributed by atoms with Crippen LogP contribution >= 0.6 is 11.6 Å². The van der Waals surface area contributed by atoms with Crippen LogP contribution in [0.2, 0.25) is 5.02 Å². The molecular formula is C25H21ClF3N5O2S. The quantitative estimate of drug-likeness (QED) is 0.362. The molecule has 0 radical (unpaired) electrons. The summed E-state index contributed by atoms with van der Waals surface area (Å²) in [4.78, 5) is 7.66. The van der Waals surface area contributed by atoms with E-state index in [-0.39, 0.29) is 33.5 Å². The van der Waals surface area contributed by atoms with Crippen LogP contribution in [0.1, 0.15) is 18.4 Å². The van der Waals surface area contributed by atoms with Crippen molar-refractivity contribution in [3.05, 3.63) is 76.7 Å². The summed E-state index contributed by atoms with van der Waals surface area (Å²) in [5.41, 5.74) is -0.147. The first-order valence-corrected chi connectivity index (χ1v) is 13.5. The second-order valence-electron chi connectivity index (χ2n) is 9.49. The van der Waals surface area contributed by atoms with Gasteiger partial charge in [0.1, 0.15) is 11.3 Å². The van der Waals surface area contributed by atoms with Gasteiger partial charge in [0.2, 0.25) is 0 Å². The molecule has 1 spiro atoms. The van der Waals surface area contributed by atoms with E-state index in [4.69, 9.17) is 11.6 Å². The molecule has 2 aromatic heterocycles. The van der Waals surface area contributed by atoms with Gasteiger partial charge in [0, 0.05) is 25.8 Å². The normalized spacial score (nSPS) is 17.1. The first-order chi connectivity index (χ1) is 17.6. The standard InChI is InChI=1S/C25H21ClF3N5O2S/c1-15-2-4-17(5-3-15)37(35,36)34-22-19(28)7-6-18(27)21(22)24(31-34)33-11-10-32(14-25(33)8-9-25)23-20(29)12-16(26)13-30-23/h2-7,12-13H,8-11,14H2,1H3. The number of nitrogens with zero attached hydrogens (tertiary/aromatic N) is 5. The summed E-state index contributed by atoms with van der Waals surface area (Å²) in [6.45, 7) is 2.75. The van der Waals surface area contributed by atoms with E-state index < -0.39 is 38.5 Å². The fourth-order valence-electron chi connectivity index (χ4n) is 5.00. The van der Waals surface area contributed by atoms with E-state index in [9.17, 15) is 12.8 Å². The molecule has 12 heteroatoms. The van der Waals surface area contributed by atoms with E-state index >= 15 is 8.78 Å². The summed E-state index contributed by atoms with van der Waals surface area (Å²) in [5, 5.41) is 4.30. The fraction of sp³-hybridized carbons (Fsp3) is 0.280. The maximum Gasteiger partial charge on any atom is 0.283 e. The molecule has 4 aromatic rings. The van der Waals surface area contributed by atoms with Gasteiger partial charge in [0.25, 0.3) is 10.0 Å². The van der Waals surface area contributed by atoms with Gasteiger partial charge in [-0.1, -0.05) is 29.3 Å². The number of pyridine rings is 1. The molecule has 1 saturated carbocycles. The molecule has 192 valence electrons. The zero-order valence-electron chi connectivity index (χ0n) is 19.6. The molecule has 0 N–H and O–H groups in total. The molecule has 0 atom stereocenters. The van der Waals surface area contributed by atoms with E-state index in [2.05, 4.69) is 10.1 Å². The summed E-state index contributed by atoms with van der Waals surface area (Å²) >= 11 is 5.85. The number of rotatable bonds is 4.